The summed E-state index contributed by atoms with van der Waals surface area (Å²) in [5.41, 5.74) is 0.261. The van der Waals surface area contributed by atoms with Crippen LogP contribution in [0.15, 0.2) is 12.7 Å². The summed E-state index contributed by atoms with van der Waals surface area (Å²) in [5.74, 6) is 3.18. The van der Waals surface area contributed by atoms with Crippen LogP contribution in [0.4, 0.5) is 0 Å². The molecule has 0 amide bonds. The quantitative estimate of drug-likeness (QED) is 0.479. The van der Waals surface area contributed by atoms with Crippen molar-refractivity contribution in [2.45, 2.75) is 34.1 Å². The lowest BCUT2D eigenvalue weighted by molar-refractivity contribution is 0.371. The standard InChI is InChI=1S/C13H27NS/c1-6-13(5,8-9-15-7-2)11-14-10-12(3)4/h6,12,14H,1,7-11H2,2-5H3. The van der Waals surface area contributed by atoms with Gasteiger partial charge < -0.3 is 5.32 Å². The number of nitrogens with one attached hydrogen (secondary N) is 1. The van der Waals surface area contributed by atoms with Gasteiger partial charge >= 0.3 is 0 Å². The van der Waals surface area contributed by atoms with Gasteiger partial charge in [-0.05, 0) is 35.8 Å². The zero-order valence-corrected chi connectivity index (χ0v) is 11.6. The van der Waals surface area contributed by atoms with Crippen molar-refractivity contribution in [1.29, 1.82) is 0 Å². The van der Waals surface area contributed by atoms with Crippen molar-refractivity contribution in [3.05, 3.63) is 12.7 Å². The van der Waals surface area contributed by atoms with E-state index in [0.29, 0.717) is 0 Å². The Morgan fingerprint density at radius 2 is 2.13 bits per heavy atom. The molecule has 1 atom stereocenters. The van der Waals surface area contributed by atoms with Crippen molar-refractivity contribution < 1.29 is 0 Å². The smallest absolute Gasteiger partial charge is 0.00402 e. The summed E-state index contributed by atoms with van der Waals surface area (Å²) in [7, 11) is 0. The lowest BCUT2D eigenvalue weighted by Gasteiger charge is -2.26. The monoisotopic (exact) mass is 229 g/mol. The van der Waals surface area contributed by atoms with E-state index in [2.05, 4.69) is 45.7 Å². The van der Waals surface area contributed by atoms with Crippen LogP contribution in [-0.2, 0) is 0 Å². The van der Waals surface area contributed by atoms with Crippen LogP contribution < -0.4 is 5.32 Å². The molecule has 0 saturated carbocycles. The fraction of sp³-hybridized carbons (Fsp3) is 0.846. The van der Waals surface area contributed by atoms with Crippen molar-refractivity contribution in [3.63, 3.8) is 0 Å². The van der Waals surface area contributed by atoms with Crippen LogP contribution in [0.5, 0.6) is 0 Å². The normalized spacial score (nSPS) is 15.3. The molecule has 0 bridgehead atoms. The molecule has 0 saturated heterocycles. The van der Waals surface area contributed by atoms with E-state index in [0.717, 1.165) is 19.0 Å². The summed E-state index contributed by atoms with van der Waals surface area (Å²) < 4.78 is 0. The SMILES string of the molecule is C=CC(C)(CCSCC)CNCC(C)C. The third kappa shape index (κ3) is 7.92. The first-order valence-corrected chi connectivity index (χ1v) is 7.11. The summed E-state index contributed by atoms with van der Waals surface area (Å²) in [6.45, 7) is 15.1. The average Bonchev–Trinajstić information content (AvgIpc) is 2.18. The van der Waals surface area contributed by atoms with Crippen LogP contribution in [0.25, 0.3) is 0 Å². The van der Waals surface area contributed by atoms with Crippen molar-refractivity contribution in [1.82, 2.24) is 5.32 Å². The van der Waals surface area contributed by atoms with Crippen molar-refractivity contribution >= 4 is 11.8 Å². The van der Waals surface area contributed by atoms with Crippen LogP contribution in [0, 0.1) is 11.3 Å². The average molecular weight is 229 g/mol. The minimum absolute atomic E-state index is 0.261. The predicted octanol–water partition coefficient (Wildman–Crippen LogP) is 3.57. The molecule has 0 aromatic rings. The van der Waals surface area contributed by atoms with Gasteiger partial charge in [-0.15, -0.1) is 6.58 Å². The first-order valence-electron chi connectivity index (χ1n) is 5.96. The Bertz CT molecular complexity index is 168. The van der Waals surface area contributed by atoms with Gasteiger partial charge in [0, 0.05) is 6.54 Å². The first-order chi connectivity index (χ1) is 7.04. The molecule has 15 heavy (non-hydrogen) atoms. The summed E-state index contributed by atoms with van der Waals surface area (Å²) in [5, 5.41) is 3.52. The zero-order chi connectivity index (χ0) is 11.7. The Labute approximate surface area is 100 Å². The van der Waals surface area contributed by atoms with E-state index in [1.165, 1.54) is 17.9 Å². The molecule has 90 valence electrons. The molecule has 1 unspecified atom stereocenters. The Balaban J connectivity index is 3.80. The Morgan fingerprint density at radius 3 is 2.60 bits per heavy atom. The van der Waals surface area contributed by atoms with Gasteiger partial charge in [-0.1, -0.05) is 33.8 Å². The molecule has 0 fully saturated rings. The molecule has 1 nitrogen and oxygen atoms in total. The molecule has 0 aliphatic heterocycles. The van der Waals surface area contributed by atoms with Crippen LogP contribution >= 0.6 is 11.8 Å². The molecule has 0 aliphatic rings. The molecule has 0 aromatic carbocycles. The van der Waals surface area contributed by atoms with Gasteiger partial charge in [0.15, 0.2) is 0 Å². The van der Waals surface area contributed by atoms with Gasteiger partial charge in [0.1, 0.15) is 0 Å². The highest BCUT2D eigenvalue weighted by atomic mass is 32.2. The van der Waals surface area contributed by atoms with Gasteiger partial charge in [0.05, 0.1) is 0 Å². The summed E-state index contributed by atoms with van der Waals surface area (Å²) in [4.78, 5) is 0. The number of hydrogen-bond donors (Lipinski definition) is 1. The molecular weight excluding hydrogens is 202 g/mol. The molecule has 0 aromatic heterocycles. The second-order valence-corrected chi connectivity index (χ2v) is 6.22. The lowest BCUT2D eigenvalue weighted by Crippen LogP contribution is -2.32. The highest BCUT2D eigenvalue weighted by molar-refractivity contribution is 7.99. The van der Waals surface area contributed by atoms with Gasteiger partial charge in [-0.25, -0.2) is 0 Å². The molecular formula is C13H27NS. The van der Waals surface area contributed by atoms with Crippen LogP contribution in [0.3, 0.4) is 0 Å². The fourth-order valence-electron chi connectivity index (χ4n) is 1.36. The second-order valence-electron chi connectivity index (χ2n) is 4.83. The van der Waals surface area contributed by atoms with Crippen molar-refractivity contribution in [3.8, 4) is 0 Å². The van der Waals surface area contributed by atoms with E-state index < -0.39 is 0 Å². The number of rotatable bonds is 9. The molecule has 2 heteroatoms. The highest BCUT2D eigenvalue weighted by Crippen LogP contribution is 2.24. The van der Waals surface area contributed by atoms with E-state index in [4.69, 9.17) is 0 Å². The topological polar surface area (TPSA) is 12.0 Å². The van der Waals surface area contributed by atoms with E-state index in [1.807, 2.05) is 11.8 Å². The Morgan fingerprint density at radius 1 is 1.47 bits per heavy atom. The van der Waals surface area contributed by atoms with Crippen molar-refractivity contribution in [2.75, 3.05) is 24.6 Å². The van der Waals surface area contributed by atoms with Crippen LogP contribution in [0.1, 0.15) is 34.1 Å². The fourth-order valence-corrected chi connectivity index (χ4v) is 2.26. The molecule has 0 rings (SSSR count). The maximum Gasteiger partial charge on any atom is 0.00402 e. The highest BCUT2D eigenvalue weighted by Gasteiger charge is 2.19. The van der Waals surface area contributed by atoms with Crippen LogP contribution in [-0.4, -0.2) is 24.6 Å². The van der Waals surface area contributed by atoms with Gasteiger partial charge in [-0.3, -0.25) is 0 Å². The van der Waals surface area contributed by atoms with E-state index in [-0.39, 0.29) is 5.41 Å². The largest absolute Gasteiger partial charge is 0.316 e. The minimum Gasteiger partial charge on any atom is -0.316 e. The minimum atomic E-state index is 0.261. The first kappa shape index (κ1) is 15.0. The molecule has 0 aliphatic carbocycles. The lowest BCUT2D eigenvalue weighted by atomic mass is 9.87. The van der Waals surface area contributed by atoms with E-state index in [9.17, 15) is 0 Å². The maximum atomic E-state index is 3.96. The third-order valence-electron chi connectivity index (χ3n) is 2.60. The van der Waals surface area contributed by atoms with Crippen molar-refractivity contribution in [2.24, 2.45) is 11.3 Å². The summed E-state index contributed by atoms with van der Waals surface area (Å²) in [6.07, 6.45) is 3.33. The molecule has 0 heterocycles. The summed E-state index contributed by atoms with van der Waals surface area (Å²) >= 11 is 2.01. The van der Waals surface area contributed by atoms with E-state index >= 15 is 0 Å². The summed E-state index contributed by atoms with van der Waals surface area (Å²) in [6, 6.07) is 0. The van der Waals surface area contributed by atoms with Gasteiger partial charge in [0.25, 0.3) is 0 Å². The Kier molecular flexibility index (Phi) is 8.26. The molecule has 0 radical (unpaired) electrons. The molecule has 1 N–H and O–H groups in total. The van der Waals surface area contributed by atoms with Gasteiger partial charge in [0.2, 0.25) is 0 Å². The van der Waals surface area contributed by atoms with Crippen LogP contribution in [0.2, 0.25) is 0 Å². The Hall–Kier alpha value is 0.0500. The second kappa shape index (κ2) is 8.23. The third-order valence-corrected chi connectivity index (χ3v) is 3.50. The van der Waals surface area contributed by atoms with Gasteiger partial charge in [-0.2, -0.15) is 11.8 Å². The van der Waals surface area contributed by atoms with E-state index in [1.54, 1.807) is 0 Å². The predicted molar refractivity (Wildman–Crippen MR) is 73.6 cm³/mol. The zero-order valence-electron chi connectivity index (χ0n) is 10.8. The number of thioether (sulfide) groups is 1. The maximum absolute atomic E-state index is 3.96. The molecule has 0 spiro atoms. The number of hydrogen-bond acceptors (Lipinski definition) is 2.